The Bertz CT molecular complexity index is 916. The minimum absolute atomic E-state index is 0.367. The summed E-state index contributed by atoms with van der Waals surface area (Å²) in [6, 6.07) is 4.27. The van der Waals surface area contributed by atoms with Gasteiger partial charge in [-0.3, -0.25) is 10.00 Å². The number of nitrogens with one attached hydrogen (secondary N) is 1. The molecule has 1 aliphatic heterocycles. The summed E-state index contributed by atoms with van der Waals surface area (Å²) < 4.78 is 16.5. The Balaban J connectivity index is 1.65. The smallest absolute Gasteiger partial charge is 0.203 e. The Labute approximate surface area is 174 Å². The number of H-pyrrole nitrogens is 1. The van der Waals surface area contributed by atoms with Crippen molar-refractivity contribution >= 4 is 11.3 Å². The molecule has 0 unspecified atom stereocenters. The van der Waals surface area contributed by atoms with Crippen LogP contribution in [-0.4, -0.2) is 48.0 Å². The van der Waals surface area contributed by atoms with Crippen molar-refractivity contribution in [2.75, 3.05) is 27.9 Å². The molecule has 1 fully saturated rings. The third-order valence-corrected chi connectivity index (χ3v) is 6.27. The van der Waals surface area contributed by atoms with Crippen LogP contribution in [0.1, 0.15) is 35.9 Å². The fraction of sp³-hybridized carbons (Fsp3) is 0.429. The molecule has 3 aromatic rings. The van der Waals surface area contributed by atoms with Crippen LogP contribution in [0.5, 0.6) is 17.2 Å². The largest absolute Gasteiger partial charge is 0.493 e. The van der Waals surface area contributed by atoms with Crippen molar-refractivity contribution in [3.05, 3.63) is 40.5 Å². The second kappa shape index (κ2) is 8.84. The average molecular weight is 415 g/mol. The van der Waals surface area contributed by atoms with Crippen molar-refractivity contribution in [1.29, 1.82) is 0 Å². The number of likely N-dealkylation sites (tertiary alicyclic amines) is 1. The fourth-order valence-corrected chi connectivity index (χ4v) is 4.79. The lowest BCUT2D eigenvalue weighted by molar-refractivity contribution is 0.140. The van der Waals surface area contributed by atoms with Gasteiger partial charge < -0.3 is 14.2 Å². The van der Waals surface area contributed by atoms with Gasteiger partial charge in [0, 0.05) is 29.2 Å². The highest BCUT2D eigenvalue weighted by Gasteiger charge is 2.27. The lowest BCUT2D eigenvalue weighted by Gasteiger charge is -2.34. The molecule has 0 radical (unpaired) electrons. The van der Waals surface area contributed by atoms with E-state index in [0.717, 1.165) is 36.3 Å². The lowest BCUT2D eigenvalue weighted by Crippen LogP contribution is -2.32. The number of ether oxygens (including phenoxy) is 3. The SMILES string of the molecule is COc1cc(-c2[nH]ncc2CN2CCCC[C@H]2c2nccs2)cc(OC)c1OC. The quantitative estimate of drug-likeness (QED) is 0.622. The van der Waals surface area contributed by atoms with Crippen molar-refractivity contribution in [3.63, 3.8) is 0 Å². The number of hydrogen-bond acceptors (Lipinski definition) is 7. The standard InChI is InChI=1S/C21H26N4O3S/c1-26-17-10-14(11-18(27-2)20(17)28-3)19-15(12-23-24-19)13-25-8-5-4-6-16(25)21-22-7-9-29-21/h7,9-12,16H,4-6,8,13H2,1-3H3,(H,23,24)/t16-/m0/s1. The number of piperidine rings is 1. The summed E-state index contributed by atoms with van der Waals surface area (Å²) in [5.74, 6) is 1.83. The first kappa shape index (κ1) is 19.7. The number of rotatable bonds is 7. The van der Waals surface area contributed by atoms with E-state index >= 15 is 0 Å². The van der Waals surface area contributed by atoms with Crippen molar-refractivity contribution in [2.24, 2.45) is 0 Å². The number of thiazole rings is 1. The minimum atomic E-state index is 0.367. The predicted octanol–water partition coefficient (Wildman–Crippen LogP) is 4.29. The predicted molar refractivity (Wildman–Crippen MR) is 113 cm³/mol. The molecule has 1 aliphatic rings. The van der Waals surface area contributed by atoms with E-state index in [1.807, 2.05) is 24.5 Å². The van der Waals surface area contributed by atoms with E-state index < -0.39 is 0 Å². The van der Waals surface area contributed by atoms with Crippen LogP contribution in [-0.2, 0) is 6.54 Å². The third-order valence-electron chi connectivity index (χ3n) is 5.39. The number of hydrogen-bond donors (Lipinski definition) is 1. The number of aromatic amines is 1. The van der Waals surface area contributed by atoms with Gasteiger partial charge >= 0.3 is 0 Å². The molecule has 1 saturated heterocycles. The van der Waals surface area contributed by atoms with Gasteiger partial charge in [-0.25, -0.2) is 4.98 Å². The molecule has 1 N–H and O–H groups in total. The fourth-order valence-electron chi connectivity index (χ4n) is 3.98. The molecule has 0 amide bonds. The van der Waals surface area contributed by atoms with Crippen LogP contribution >= 0.6 is 11.3 Å². The Hall–Kier alpha value is -2.58. The zero-order valence-corrected chi connectivity index (χ0v) is 17.8. The van der Waals surface area contributed by atoms with E-state index in [4.69, 9.17) is 14.2 Å². The Morgan fingerprint density at radius 1 is 1.14 bits per heavy atom. The summed E-state index contributed by atoms with van der Waals surface area (Å²) in [7, 11) is 4.86. The Kier molecular flexibility index (Phi) is 6.01. The summed E-state index contributed by atoms with van der Waals surface area (Å²) in [6.45, 7) is 1.87. The summed E-state index contributed by atoms with van der Waals surface area (Å²) >= 11 is 1.74. The van der Waals surface area contributed by atoms with E-state index in [2.05, 4.69) is 25.5 Å². The van der Waals surface area contributed by atoms with Crippen LogP contribution in [0.15, 0.2) is 29.9 Å². The molecule has 29 heavy (non-hydrogen) atoms. The molecule has 154 valence electrons. The van der Waals surface area contributed by atoms with Gasteiger partial charge in [0.1, 0.15) is 5.01 Å². The van der Waals surface area contributed by atoms with Gasteiger partial charge in [-0.1, -0.05) is 6.42 Å². The van der Waals surface area contributed by atoms with Gasteiger partial charge in [0.05, 0.1) is 39.3 Å². The second-order valence-corrected chi connectivity index (χ2v) is 7.96. The topological polar surface area (TPSA) is 72.5 Å². The van der Waals surface area contributed by atoms with E-state index in [1.165, 1.54) is 17.8 Å². The van der Waals surface area contributed by atoms with Gasteiger partial charge in [-0.2, -0.15) is 5.10 Å². The molecule has 2 aromatic heterocycles. The van der Waals surface area contributed by atoms with Gasteiger partial charge in [0.2, 0.25) is 5.75 Å². The third kappa shape index (κ3) is 3.95. The van der Waals surface area contributed by atoms with E-state index in [9.17, 15) is 0 Å². The van der Waals surface area contributed by atoms with Gasteiger partial charge in [-0.15, -0.1) is 11.3 Å². The summed E-state index contributed by atoms with van der Waals surface area (Å²) in [6.07, 6.45) is 7.40. The molecule has 4 rings (SSSR count). The van der Waals surface area contributed by atoms with E-state index in [0.29, 0.717) is 23.3 Å². The molecular weight excluding hydrogens is 388 g/mol. The molecule has 1 atom stereocenters. The van der Waals surface area contributed by atoms with Gasteiger partial charge in [0.15, 0.2) is 11.5 Å². The second-order valence-electron chi connectivity index (χ2n) is 7.04. The molecule has 0 bridgehead atoms. The first-order valence-electron chi connectivity index (χ1n) is 9.71. The van der Waals surface area contributed by atoms with Gasteiger partial charge in [0.25, 0.3) is 0 Å². The van der Waals surface area contributed by atoms with Crippen LogP contribution < -0.4 is 14.2 Å². The molecule has 1 aromatic carbocycles. The highest BCUT2D eigenvalue weighted by atomic mass is 32.1. The van der Waals surface area contributed by atoms with Gasteiger partial charge in [-0.05, 0) is 31.5 Å². The van der Waals surface area contributed by atoms with Crippen molar-refractivity contribution < 1.29 is 14.2 Å². The summed E-state index contributed by atoms with van der Waals surface area (Å²) in [5.41, 5.74) is 3.06. The van der Waals surface area contributed by atoms with Crippen LogP contribution in [0.3, 0.4) is 0 Å². The molecular formula is C21H26N4O3S. The highest BCUT2D eigenvalue weighted by molar-refractivity contribution is 7.09. The van der Waals surface area contributed by atoms with Crippen molar-refractivity contribution in [2.45, 2.75) is 31.8 Å². The minimum Gasteiger partial charge on any atom is -0.493 e. The maximum atomic E-state index is 5.52. The lowest BCUT2D eigenvalue weighted by atomic mass is 10.0. The Morgan fingerprint density at radius 3 is 2.59 bits per heavy atom. The Morgan fingerprint density at radius 2 is 1.93 bits per heavy atom. The zero-order valence-electron chi connectivity index (χ0n) is 17.0. The van der Waals surface area contributed by atoms with Crippen LogP contribution in [0, 0.1) is 0 Å². The molecule has 7 nitrogen and oxygen atoms in total. The first-order chi connectivity index (χ1) is 14.2. The van der Waals surface area contributed by atoms with Crippen molar-refractivity contribution in [3.8, 4) is 28.5 Å². The first-order valence-corrected chi connectivity index (χ1v) is 10.6. The normalized spacial score (nSPS) is 17.3. The van der Waals surface area contributed by atoms with E-state index in [-0.39, 0.29) is 0 Å². The zero-order chi connectivity index (χ0) is 20.2. The summed E-state index contributed by atoms with van der Waals surface area (Å²) in [4.78, 5) is 7.08. The average Bonchev–Trinajstić information content (AvgIpc) is 3.45. The maximum Gasteiger partial charge on any atom is 0.203 e. The highest BCUT2D eigenvalue weighted by Crippen LogP contribution is 2.42. The van der Waals surface area contributed by atoms with E-state index in [1.54, 1.807) is 32.7 Å². The molecule has 0 saturated carbocycles. The number of methoxy groups -OCH3 is 3. The van der Waals surface area contributed by atoms with Crippen LogP contribution in [0.25, 0.3) is 11.3 Å². The molecule has 0 aliphatic carbocycles. The summed E-state index contributed by atoms with van der Waals surface area (Å²) in [5, 5.41) is 10.7. The van der Waals surface area contributed by atoms with Crippen molar-refractivity contribution in [1.82, 2.24) is 20.1 Å². The maximum absolute atomic E-state index is 5.52. The number of nitrogens with zero attached hydrogens (tertiary/aromatic N) is 3. The molecule has 8 heteroatoms. The molecule has 3 heterocycles. The van der Waals surface area contributed by atoms with Crippen LogP contribution in [0.2, 0.25) is 0 Å². The molecule has 0 spiro atoms. The number of benzene rings is 1. The monoisotopic (exact) mass is 414 g/mol. The number of aromatic nitrogens is 3. The van der Waals surface area contributed by atoms with Crippen LogP contribution in [0.4, 0.5) is 0 Å².